The molecule has 1 atom stereocenters. The van der Waals surface area contributed by atoms with Crippen LogP contribution in [0.25, 0.3) is 0 Å². The normalized spacial score (nSPS) is 23.2. The standard InChI is InChI=1S/C12H21N3S/c1-2-15-7-3-4-11(5-8-15)14-10-12-13-6-9-16-12/h6,9,11,14H,2-5,7-8,10H2,1H3. The predicted octanol–water partition coefficient (Wildman–Crippen LogP) is 2.11. The molecular weight excluding hydrogens is 218 g/mol. The minimum Gasteiger partial charge on any atom is -0.308 e. The van der Waals surface area contributed by atoms with Crippen molar-refractivity contribution in [3.63, 3.8) is 0 Å². The summed E-state index contributed by atoms with van der Waals surface area (Å²) in [6.07, 6.45) is 5.79. The van der Waals surface area contributed by atoms with E-state index in [-0.39, 0.29) is 0 Å². The third kappa shape index (κ3) is 3.54. The van der Waals surface area contributed by atoms with E-state index in [0.29, 0.717) is 6.04 Å². The highest BCUT2D eigenvalue weighted by atomic mass is 32.1. The second kappa shape index (κ2) is 6.33. The van der Waals surface area contributed by atoms with Crippen LogP contribution in [-0.4, -0.2) is 35.6 Å². The van der Waals surface area contributed by atoms with Gasteiger partial charge in [0.05, 0.1) is 0 Å². The monoisotopic (exact) mass is 239 g/mol. The Morgan fingerprint density at radius 3 is 3.19 bits per heavy atom. The molecule has 4 heteroatoms. The van der Waals surface area contributed by atoms with Gasteiger partial charge in [-0.3, -0.25) is 0 Å². The minimum atomic E-state index is 0.681. The van der Waals surface area contributed by atoms with Crippen molar-refractivity contribution in [2.45, 2.75) is 38.8 Å². The molecule has 0 spiro atoms. The molecule has 1 aromatic heterocycles. The Hall–Kier alpha value is -0.450. The lowest BCUT2D eigenvalue weighted by atomic mass is 10.1. The topological polar surface area (TPSA) is 28.2 Å². The van der Waals surface area contributed by atoms with Crippen LogP contribution in [0.15, 0.2) is 11.6 Å². The van der Waals surface area contributed by atoms with Crippen LogP contribution in [0.2, 0.25) is 0 Å². The number of nitrogens with zero attached hydrogens (tertiary/aromatic N) is 2. The number of aromatic nitrogens is 1. The molecule has 1 saturated heterocycles. The van der Waals surface area contributed by atoms with Gasteiger partial charge in [-0.15, -0.1) is 11.3 Å². The van der Waals surface area contributed by atoms with E-state index in [2.05, 4.69) is 22.1 Å². The van der Waals surface area contributed by atoms with E-state index in [9.17, 15) is 0 Å². The van der Waals surface area contributed by atoms with Crippen molar-refractivity contribution in [1.29, 1.82) is 0 Å². The summed E-state index contributed by atoms with van der Waals surface area (Å²) in [5.41, 5.74) is 0. The summed E-state index contributed by atoms with van der Waals surface area (Å²) in [6.45, 7) is 6.90. The summed E-state index contributed by atoms with van der Waals surface area (Å²) in [4.78, 5) is 6.85. The molecule has 0 aliphatic carbocycles. The molecule has 1 N–H and O–H groups in total. The zero-order valence-corrected chi connectivity index (χ0v) is 10.8. The maximum absolute atomic E-state index is 4.30. The molecule has 3 nitrogen and oxygen atoms in total. The van der Waals surface area contributed by atoms with Crippen molar-refractivity contribution >= 4 is 11.3 Å². The van der Waals surface area contributed by atoms with E-state index in [1.165, 1.54) is 43.9 Å². The molecule has 90 valence electrons. The quantitative estimate of drug-likeness (QED) is 0.872. The van der Waals surface area contributed by atoms with E-state index < -0.39 is 0 Å². The molecule has 2 rings (SSSR count). The van der Waals surface area contributed by atoms with E-state index in [4.69, 9.17) is 0 Å². The summed E-state index contributed by atoms with van der Waals surface area (Å²) < 4.78 is 0. The zero-order chi connectivity index (χ0) is 11.2. The first-order valence-electron chi connectivity index (χ1n) is 6.22. The van der Waals surface area contributed by atoms with Crippen molar-refractivity contribution < 1.29 is 0 Å². The van der Waals surface area contributed by atoms with Gasteiger partial charge in [0.15, 0.2) is 0 Å². The molecule has 1 unspecified atom stereocenters. The van der Waals surface area contributed by atoms with Gasteiger partial charge in [0.2, 0.25) is 0 Å². The summed E-state index contributed by atoms with van der Waals surface area (Å²) in [7, 11) is 0. The summed E-state index contributed by atoms with van der Waals surface area (Å²) >= 11 is 1.74. The Labute approximate surface area is 102 Å². The van der Waals surface area contributed by atoms with Crippen LogP contribution >= 0.6 is 11.3 Å². The fourth-order valence-corrected chi connectivity index (χ4v) is 2.82. The third-order valence-electron chi connectivity index (χ3n) is 3.29. The Morgan fingerprint density at radius 1 is 1.50 bits per heavy atom. The van der Waals surface area contributed by atoms with Crippen LogP contribution in [0.1, 0.15) is 31.2 Å². The number of likely N-dealkylation sites (tertiary alicyclic amines) is 1. The van der Waals surface area contributed by atoms with Crippen molar-refractivity contribution in [3.05, 3.63) is 16.6 Å². The van der Waals surface area contributed by atoms with Gasteiger partial charge in [-0.05, 0) is 38.9 Å². The lowest BCUT2D eigenvalue weighted by Crippen LogP contribution is -2.30. The highest BCUT2D eigenvalue weighted by Gasteiger charge is 2.15. The molecule has 0 radical (unpaired) electrons. The molecular formula is C12H21N3S. The van der Waals surface area contributed by atoms with Gasteiger partial charge in [0, 0.05) is 24.2 Å². The van der Waals surface area contributed by atoms with Crippen LogP contribution in [0.4, 0.5) is 0 Å². The lowest BCUT2D eigenvalue weighted by Gasteiger charge is -2.18. The zero-order valence-electron chi connectivity index (χ0n) is 9.98. The molecule has 1 fully saturated rings. The van der Waals surface area contributed by atoms with E-state index in [1.54, 1.807) is 11.3 Å². The average molecular weight is 239 g/mol. The van der Waals surface area contributed by atoms with Crippen molar-refractivity contribution in [1.82, 2.24) is 15.2 Å². The fourth-order valence-electron chi connectivity index (χ4n) is 2.25. The number of rotatable bonds is 4. The van der Waals surface area contributed by atoms with Crippen molar-refractivity contribution in [2.24, 2.45) is 0 Å². The third-order valence-corrected chi connectivity index (χ3v) is 4.07. The second-order valence-electron chi connectivity index (χ2n) is 4.37. The number of nitrogens with one attached hydrogen (secondary N) is 1. The molecule has 0 amide bonds. The van der Waals surface area contributed by atoms with E-state index in [0.717, 1.165) is 6.54 Å². The number of hydrogen-bond acceptors (Lipinski definition) is 4. The molecule has 2 heterocycles. The van der Waals surface area contributed by atoms with Crippen LogP contribution in [0.3, 0.4) is 0 Å². The molecule has 16 heavy (non-hydrogen) atoms. The summed E-state index contributed by atoms with van der Waals surface area (Å²) in [5.74, 6) is 0. The molecule has 0 saturated carbocycles. The molecule has 1 aromatic rings. The smallest absolute Gasteiger partial charge is 0.106 e. The maximum atomic E-state index is 4.30. The number of thiazole rings is 1. The van der Waals surface area contributed by atoms with Gasteiger partial charge in [-0.25, -0.2) is 4.98 Å². The average Bonchev–Trinajstić information content (AvgIpc) is 2.72. The van der Waals surface area contributed by atoms with Crippen LogP contribution in [0.5, 0.6) is 0 Å². The summed E-state index contributed by atoms with van der Waals surface area (Å²) in [5, 5.41) is 6.88. The van der Waals surface area contributed by atoms with Crippen molar-refractivity contribution in [3.8, 4) is 0 Å². The first kappa shape index (κ1) is 12.0. The molecule has 0 aromatic carbocycles. The second-order valence-corrected chi connectivity index (χ2v) is 5.35. The SMILES string of the molecule is CCN1CCCC(NCc2nccs2)CC1. The van der Waals surface area contributed by atoms with Crippen LogP contribution in [-0.2, 0) is 6.54 Å². The molecule has 1 aliphatic heterocycles. The highest BCUT2D eigenvalue weighted by Crippen LogP contribution is 2.12. The van der Waals surface area contributed by atoms with Crippen molar-refractivity contribution in [2.75, 3.05) is 19.6 Å². The predicted molar refractivity (Wildman–Crippen MR) is 68.7 cm³/mol. The maximum Gasteiger partial charge on any atom is 0.106 e. The Kier molecular flexibility index (Phi) is 4.75. The van der Waals surface area contributed by atoms with Gasteiger partial charge in [-0.2, -0.15) is 0 Å². The van der Waals surface area contributed by atoms with Gasteiger partial charge in [0.25, 0.3) is 0 Å². The van der Waals surface area contributed by atoms with E-state index >= 15 is 0 Å². The largest absolute Gasteiger partial charge is 0.308 e. The molecule has 1 aliphatic rings. The van der Waals surface area contributed by atoms with E-state index in [1.807, 2.05) is 11.6 Å². The Bertz CT molecular complexity index is 286. The van der Waals surface area contributed by atoms with Crippen LogP contribution in [0, 0.1) is 0 Å². The van der Waals surface area contributed by atoms with Gasteiger partial charge < -0.3 is 10.2 Å². The Morgan fingerprint density at radius 2 is 2.44 bits per heavy atom. The Balaban J connectivity index is 1.73. The molecule has 0 bridgehead atoms. The fraction of sp³-hybridized carbons (Fsp3) is 0.750. The number of hydrogen-bond donors (Lipinski definition) is 1. The highest BCUT2D eigenvalue weighted by molar-refractivity contribution is 7.09. The first-order chi connectivity index (χ1) is 7.88. The van der Waals surface area contributed by atoms with Crippen LogP contribution < -0.4 is 5.32 Å². The first-order valence-corrected chi connectivity index (χ1v) is 7.10. The van der Waals surface area contributed by atoms with Gasteiger partial charge in [0.1, 0.15) is 5.01 Å². The van der Waals surface area contributed by atoms with Gasteiger partial charge in [-0.1, -0.05) is 6.92 Å². The lowest BCUT2D eigenvalue weighted by molar-refractivity contribution is 0.297. The minimum absolute atomic E-state index is 0.681. The summed E-state index contributed by atoms with van der Waals surface area (Å²) in [6, 6.07) is 0.681. The van der Waals surface area contributed by atoms with Gasteiger partial charge >= 0.3 is 0 Å².